The van der Waals surface area contributed by atoms with Gasteiger partial charge in [-0.2, -0.15) is 0 Å². The minimum Gasteiger partial charge on any atom is -0.310 e. The summed E-state index contributed by atoms with van der Waals surface area (Å²) in [5.74, 6) is 0. The molecule has 0 unspecified atom stereocenters. The number of para-hydroxylation sites is 1. The summed E-state index contributed by atoms with van der Waals surface area (Å²) in [6, 6.07) is 55.8. The Hall–Kier alpha value is -5.18. The molecule has 1 aromatic heterocycles. The molecular formula is C43H31NS. The lowest BCUT2D eigenvalue weighted by Crippen LogP contribution is -2.16. The van der Waals surface area contributed by atoms with Crippen molar-refractivity contribution in [1.29, 1.82) is 0 Å². The van der Waals surface area contributed by atoms with Gasteiger partial charge < -0.3 is 4.90 Å². The molecule has 0 atom stereocenters. The largest absolute Gasteiger partial charge is 0.310 e. The Morgan fingerprint density at radius 2 is 1.13 bits per heavy atom. The second-order valence-corrected chi connectivity index (χ2v) is 13.6. The number of hydrogen-bond donors (Lipinski definition) is 0. The summed E-state index contributed by atoms with van der Waals surface area (Å²) >= 11 is 1.89. The van der Waals surface area contributed by atoms with Gasteiger partial charge in [-0.1, -0.05) is 117 Å². The van der Waals surface area contributed by atoms with Gasteiger partial charge in [0.15, 0.2) is 0 Å². The molecule has 7 aromatic carbocycles. The van der Waals surface area contributed by atoms with E-state index in [-0.39, 0.29) is 5.41 Å². The molecule has 0 aliphatic heterocycles. The number of rotatable bonds is 4. The first kappa shape index (κ1) is 26.2. The van der Waals surface area contributed by atoms with Crippen LogP contribution >= 0.6 is 11.3 Å². The molecule has 0 bridgehead atoms. The van der Waals surface area contributed by atoms with Crippen LogP contribution in [0, 0.1) is 0 Å². The highest BCUT2D eigenvalue weighted by atomic mass is 32.1. The highest BCUT2D eigenvalue weighted by Gasteiger charge is 2.35. The average Bonchev–Trinajstić information content (AvgIpc) is 3.58. The van der Waals surface area contributed by atoms with Crippen LogP contribution in [-0.2, 0) is 5.41 Å². The van der Waals surface area contributed by atoms with Gasteiger partial charge in [-0.3, -0.25) is 0 Å². The second kappa shape index (κ2) is 9.92. The minimum absolute atomic E-state index is 0.0500. The Bertz CT molecular complexity index is 2400. The zero-order valence-corrected chi connectivity index (χ0v) is 26.1. The SMILES string of the molecule is CC1(C)c2ccccc2-c2ccc(N(c3ccccc3)c3ccc(-c4ccc5c(ccc6c7ccccc7sc56)c4)cc3)cc21. The maximum absolute atomic E-state index is 2.40. The first-order chi connectivity index (χ1) is 22.1. The smallest absolute Gasteiger partial charge is 0.0465 e. The molecule has 1 heterocycles. The van der Waals surface area contributed by atoms with E-state index in [9.17, 15) is 0 Å². The van der Waals surface area contributed by atoms with E-state index in [2.05, 4.69) is 170 Å². The zero-order chi connectivity index (χ0) is 30.1. The quantitative estimate of drug-likeness (QED) is 0.196. The van der Waals surface area contributed by atoms with Crippen LogP contribution < -0.4 is 4.90 Å². The van der Waals surface area contributed by atoms with E-state index in [0.717, 1.165) is 11.4 Å². The molecule has 0 saturated carbocycles. The molecule has 1 nitrogen and oxygen atoms in total. The van der Waals surface area contributed by atoms with E-state index in [1.165, 1.54) is 70.0 Å². The highest BCUT2D eigenvalue weighted by molar-refractivity contribution is 7.26. The molecule has 9 rings (SSSR count). The second-order valence-electron chi connectivity index (χ2n) is 12.6. The van der Waals surface area contributed by atoms with Gasteiger partial charge in [0, 0.05) is 42.6 Å². The summed E-state index contributed by atoms with van der Waals surface area (Å²) in [5.41, 5.74) is 11.3. The first-order valence-electron chi connectivity index (χ1n) is 15.6. The van der Waals surface area contributed by atoms with Crippen molar-refractivity contribution in [1.82, 2.24) is 0 Å². The molecule has 0 amide bonds. The highest BCUT2D eigenvalue weighted by Crippen LogP contribution is 2.50. The molecule has 0 radical (unpaired) electrons. The number of hydrogen-bond acceptors (Lipinski definition) is 2. The van der Waals surface area contributed by atoms with Crippen LogP contribution in [0.15, 0.2) is 152 Å². The van der Waals surface area contributed by atoms with Crippen molar-refractivity contribution in [3.05, 3.63) is 163 Å². The van der Waals surface area contributed by atoms with Crippen molar-refractivity contribution in [2.75, 3.05) is 4.90 Å². The molecule has 214 valence electrons. The van der Waals surface area contributed by atoms with E-state index in [1.807, 2.05) is 11.3 Å². The van der Waals surface area contributed by atoms with Crippen molar-refractivity contribution in [2.45, 2.75) is 19.3 Å². The fourth-order valence-corrected chi connectivity index (χ4v) is 8.59. The molecule has 0 saturated heterocycles. The van der Waals surface area contributed by atoms with E-state index >= 15 is 0 Å². The van der Waals surface area contributed by atoms with E-state index in [4.69, 9.17) is 0 Å². The van der Waals surface area contributed by atoms with Crippen molar-refractivity contribution in [3.8, 4) is 22.3 Å². The standard InChI is InChI=1S/C43H31NS/c1-43(2)39-14-8-6-12-35(39)36-25-22-33(27-40(36)43)44(31-10-4-3-5-11-31)32-20-16-28(17-21-32)29-18-23-34-30(26-29)19-24-38-37-13-7-9-15-41(37)45-42(34)38/h3-27H,1-2H3. The van der Waals surface area contributed by atoms with Crippen molar-refractivity contribution < 1.29 is 0 Å². The predicted octanol–water partition coefficient (Wildman–Crippen LogP) is 12.7. The lowest BCUT2D eigenvalue weighted by atomic mass is 9.82. The molecule has 0 spiro atoms. The Kier molecular flexibility index (Phi) is 5.78. The van der Waals surface area contributed by atoms with Gasteiger partial charge in [-0.05, 0) is 92.7 Å². The maximum Gasteiger partial charge on any atom is 0.0465 e. The number of fused-ring (bicyclic) bond motifs is 8. The van der Waals surface area contributed by atoms with E-state index in [0.29, 0.717) is 0 Å². The van der Waals surface area contributed by atoms with Crippen LogP contribution in [0.4, 0.5) is 17.1 Å². The third kappa shape index (κ3) is 4.06. The third-order valence-electron chi connectivity index (χ3n) is 9.66. The summed E-state index contributed by atoms with van der Waals surface area (Å²) in [7, 11) is 0. The van der Waals surface area contributed by atoms with Crippen LogP contribution in [0.1, 0.15) is 25.0 Å². The minimum atomic E-state index is -0.0500. The van der Waals surface area contributed by atoms with Crippen molar-refractivity contribution in [2.24, 2.45) is 0 Å². The van der Waals surface area contributed by atoms with Gasteiger partial charge in [0.25, 0.3) is 0 Å². The Balaban J connectivity index is 1.11. The molecule has 2 heteroatoms. The summed E-state index contributed by atoms with van der Waals surface area (Å²) < 4.78 is 2.72. The van der Waals surface area contributed by atoms with Crippen LogP contribution in [0.2, 0.25) is 0 Å². The summed E-state index contributed by atoms with van der Waals surface area (Å²) in [6.07, 6.45) is 0. The number of benzene rings is 7. The van der Waals surface area contributed by atoms with Gasteiger partial charge >= 0.3 is 0 Å². The Morgan fingerprint density at radius 3 is 2.00 bits per heavy atom. The number of anilines is 3. The topological polar surface area (TPSA) is 3.24 Å². The average molecular weight is 594 g/mol. The van der Waals surface area contributed by atoms with Gasteiger partial charge in [-0.15, -0.1) is 11.3 Å². The molecular weight excluding hydrogens is 563 g/mol. The van der Waals surface area contributed by atoms with E-state index < -0.39 is 0 Å². The fourth-order valence-electron chi connectivity index (χ4n) is 7.35. The Morgan fingerprint density at radius 1 is 0.467 bits per heavy atom. The lowest BCUT2D eigenvalue weighted by molar-refractivity contribution is 0.660. The predicted molar refractivity (Wildman–Crippen MR) is 195 cm³/mol. The van der Waals surface area contributed by atoms with E-state index in [1.54, 1.807) is 0 Å². The van der Waals surface area contributed by atoms with Crippen molar-refractivity contribution >= 4 is 59.3 Å². The zero-order valence-electron chi connectivity index (χ0n) is 25.3. The van der Waals surface area contributed by atoms with Crippen LogP contribution in [0.25, 0.3) is 53.2 Å². The fraction of sp³-hybridized carbons (Fsp3) is 0.0698. The monoisotopic (exact) mass is 593 g/mol. The molecule has 8 aromatic rings. The van der Waals surface area contributed by atoms with Gasteiger partial charge in [-0.25, -0.2) is 0 Å². The molecule has 0 N–H and O–H groups in total. The summed E-state index contributed by atoms with van der Waals surface area (Å²) in [6.45, 7) is 4.69. The number of nitrogens with zero attached hydrogens (tertiary/aromatic N) is 1. The first-order valence-corrected chi connectivity index (χ1v) is 16.4. The summed E-state index contributed by atoms with van der Waals surface area (Å²) in [4.78, 5) is 2.38. The normalized spacial score (nSPS) is 13.3. The molecule has 0 fully saturated rings. The van der Waals surface area contributed by atoms with Gasteiger partial charge in [0.1, 0.15) is 0 Å². The molecule has 1 aliphatic carbocycles. The molecule has 1 aliphatic rings. The van der Waals surface area contributed by atoms with Crippen LogP contribution in [0.3, 0.4) is 0 Å². The van der Waals surface area contributed by atoms with Crippen LogP contribution in [-0.4, -0.2) is 0 Å². The Labute approximate surface area is 267 Å². The van der Waals surface area contributed by atoms with Gasteiger partial charge in [0.2, 0.25) is 0 Å². The third-order valence-corrected chi connectivity index (χ3v) is 10.9. The molecule has 45 heavy (non-hydrogen) atoms. The summed E-state index contributed by atoms with van der Waals surface area (Å²) in [5, 5.41) is 5.30. The van der Waals surface area contributed by atoms with Crippen LogP contribution in [0.5, 0.6) is 0 Å². The van der Waals surface area contributed by atoms with Crippen molar-refractivity contribution in [3.63, 3.8) is 0 Å². The lowest BCUT2D eigenvalue weighted by Gasteiger charge is -2.28. The van der Waals surface area contributed by atoms with Gasteiger partial charge in [0.05, 0.1) is 0 Å². The number of thiophene rings is 1. The maximum atomic E-state index is 2.40.